The molecule has 0 heterocycles. The first-order chi connectivity index (χ1) is 10.2. The van der Waals surface area contributed by atoms with Crippen LogP contribution in [0.1, 0.15) is 22.8 Å². The third-order valence-corrected chi connectivity index (χ3v) is 4.46. The lowest BCUT2D eigenvalue weighted by atomic mass is 9.95. The number of carbonyl (C=O) groups is 1. The van der Waals surface area contributed by atoms with Crippen LogP contribution < -0.4 is 0 Å². The molecule has 0 saturated carbocycles. The van der Waals surface area contributed by atoms with Crippen molar-refractivity contribution in [2.45, 2.75) is 13.3 Å². The van der Waals surface area contributed by atoms with E-state index in [1.807, 2.05) is 19.1 Å². The Hall–Kier alpha value is -2.41. The number of ketones is 1. The van der Waals surface area contributed by atoms with E-state index < -0.39 is 0 Å². The van der Waals surface area contributed by atoms with Crippen molar-refractivity contribution in [3.8, 4) is 11.1 Å². The van der Waals surface area contributed by atoms with Gasteiger partial charge in [0.05, 0.1) is 0 Å². The van der Waals surface area contributed by atoms with Gasteiger partial charge in [0.2, 0.25) is 0 Å². The Kier molecular flexibility index (Phi) is 2.68. The monoisotopic (exact) mass is 272 g/mol. The van der Waals surface area contributed by atoms with E-state index in [2.05, 4.69) is 48.5 Å². The second-order valence-electron chi connectivity index (χ2n) is 5.86. The van der Waals surface area contributed by atoms with Gasteiger partial charge in [-0.25, -0.2) is 0 Å². The highest BCUT2D eigenvalue weighted by Gasteiger charge is 2.28. The molecule has 3 aromatic rings. The molecule has 0 spiro atoms. The Balaban J connectivity index is 1.92. The third kappa shape index (κ3) is 1.89. The molecule has 0 aromatic heterocycles. The summed E-state index contributed by atoms with van der Waals surface area (Å²) in [5, 5.41) is 2.49. The first-order valence-electron chi connectivity index (χ1n) is 7.39. The molecule has 0 N–H and O–H groups in total. The number of rotatable bonds is 1. The van der Waals surface area contributed by atoms with Crippen molar-refractivity contribution in [1.29, 1.82) is 0 Å². The van der Waals surface area contributed by atoms with Crippen LogP contribution in [0.25, 0.3) is 21.9 Å². The van der Waals surface area contributed by atoms with Gasteiger partial charge in [0, 0.05) is 11.5 Å². The summed E-state index contributed by atoms with van der Waals surface area (Å²) in [5.41, 5.74) is 4.53. The topological polar surface area (TPSA) is 17.1 Å². The molecule has 0 radical (unpaired) electrons. The summed E-state index contributed by atoms with van der Waals surface area (Å²) in [6.45, 7) is 2.02. The van der Waals surface area contributed by atoms with Crippen molar-refractivity contribution in [3.05, 3.63) is 71.8 Å². The highest BCUT2D eigenvalue weighted by molar-refractivity contribution is 6.04. The Morgan fingerprint density at radius 3 is 2.48 bits per heavy atom. The van der Waals surface area contributed by atoms with Gasteiger partial charge >= 0.3 is 0 Å². The van der Waals surface area contributed by atoms with Crippen molar-refractivity contribution >= 4 is 16.6 Å². The molecule has 1 heteroatoms. The number of fused-ring (bicyclic) bond motifs is 2. The number of hydrogen-bond acceptors (Lipinski definition) is 1. The molecule has 0 fully saturated rings. The first kappa shape index (κ1) is 12.3. The van der Waals surface area contributed by atoms with E-state index in [4.69, 9.17) is 0 Å². The van der Waals surface area contributed by atoms with E-state index in [1.54, 1.807) is 0 Å². The van der Waals surface area contributed by atoms with Crippen LogP contribution in [0.2, 0.25) is 0 Å². The second-order valence-corrected chi connectivity index (χ2v) is 5.86. The van der Waals surface area contributed by atoms with Gasteiger partial charge in [0.15, 0.2) is 5.78 Å². The average Bonchev–Trinajstić information content (AvgIpc) is 2.82. The van der Waals surface area contributed by atoms with Gasteiger partial charge in [-0.1, -0.05) is 61.5 Å². The fraction of sp³-hybridized carbons (Fsp3) is 0.150. The molecule has 0 bridgehead atoms. The minimum Gasteiger partial charge on any atom is -0.294 e. The summed E-state index contributed by atoms with van der Waals surface area (Å²) in [7, 11) is 0. The SMILES string of the molecule is CC1Cc2c(cccc2-c2ccc3ccccc3c2)C1=O. The lowest BCUT2D eigenvalue weighted by molar-refractivity contribution is 0.0946. The summed E-state index contributed by atoms with van der Waals surface area (Å²) < 4.78 is 0. The highest BCUT2D eigenvalue weighted by atomic mass is 16.1. The van der Waals surface area contributed by atoms with Crippen LogP contribution in [0.5, 0.6) is 0 Å². The standard InChI is InChI=1S/C20H16O/c1-13-11-19-17(7-4-8-18(19)20(13)21)16-10-9-14-5-2-3-6-15(14)12-16/h2-10,12-13H,11H2,1H3. The molecule has 1 nitrogen and oxygen atoms in total. The van der Waals surface area contributed by atoms with Gasteiger partial charge in [0.1, 0.15) is 0 Å². The first-order valence-corrected chi connectivity index (χ1v) is 7.39. The predicted molar refractivity (Wildman–Crippen MR) is 86.6 cm³/mol. The van der Waals surface area contributed by atoms with Crippen molar-refractivity contribution in [2.75, 3.05) is 0 Å². The fourth-order valence-electron chi connectivity index (χ4n) is 3.33. The number of carbonyl (C=O) groups excluding carboxylic acids is 1. The Labute approximate surface area is 124 Å². The van der Waals surface area contributed by atoms with Crippen molar-refractivity contribution in [2.24, 2.45) is 5.92 Å². The molecule has 0 aliphatic heterocycles. The van der Waals surface area contributed by atoms with Crippen LogP contribution in [0.4, 0.5) is 0 Å². The molecule has 21 heavy (non-hydrogen) atoms. The van der Waals surface area contributed by atoms with E-state index in [1.165, 1.54) is 27.5 Å². The summed E-state index contributed by atoms with van der Waals surface area (Å²) in [5.74, 6) is 0.397. The summed E-state index contributed by atoms with van der Waals surface area (Å²) >= 11 is 0. The molecule has 3 aromatic carbocycles. The van der Waals surface area contributed by atoms with Gasteiger partial charge in [0.25, 0.3) is 0 Å². The van der Waals surface area contributed by atoms with Crippen LogP contribution in [-0.2, 0) is 6.42 Å². The van der Waals surface area contributed by atoms with E-state index in [9.17, 15) is 4.79 Å². The molecule has 1 unspecified atom stereocenters. The van der Waals surface area contributed by atoms with Crippen molar-refractivity contribution in [3.63, 3.8) is 0 Å². The van der Waals surface area contributed by atoms with Gasteiger partial charge in [-0.3, -0.25) is 4.79 Å². The molecule has 4 rings (SSSR count). The molecule has 1 atom stereocenters. The molecule has 1 aliphatic rings. The Bertz CT molecular complexity index is 861. The zero-order valence-corrected chi connectivity index (χ0v) is 12.0. The maximum Gasteiger partial charge on any atom is 0.166 e. The van der Waals surface area contributed by atoms with Gasteiger partial charge < -0.3 is 0 Å². The van der Waals surface area contributed by atoms with E-state index in [-0.39, 0.29) is 11.7 Å². The largest absolute Gasteiger partial charge is 0.294 e. The zero-order valence-electron chi connectivity index (χ0n) is 12.0. The zero-order chi connectivity index (χ0) is 14.4. The molecular formula is C20H16O. The summed E-state index contributed by atoms with van der Waals surface area (Å²) in [6, 6.07) is 21.0. The van der Waals surface area contributed by atoms with Gasteiger partial charge in [-0.05, 0) is 39.9 Å². The van der Waals surface area contributed by atoms with E-state index in [0.29, 0.717) is 0 Å². The van der Waals surface area contributed by atoms with Crippen molar-refractivity contribution in [1.82, 2.24) is 0 Å². The molecular weight excluding hydrogens is 256 g/mol. The highest BCUT2D eigenvalue weighted by Crippen LogP contribution is 2.35. The number of Topliss-reactive ketones (excluding diaryl/α,β-unsaturated/α-hetero) is 1. The van der Waals surface area contributed by atoms with Crippen molar-refractivity contribution < 1.29 is 4.79 Å². The summed E-state index contributed by atoms with van der Waals surface area (Å²) in [4.78, 5) is 12.2. The van der Waals surface area contributed by atoms with Gasteiger partial charge in [-0.15, -0.1) is 0 Å². The quantitative estimate of drug-likeness (QED) is 0.617. The number of benzene rings is 3. The maximum atomic E-state index is 12.2. The van der Waals surface area contributed by atoms with Crippen LogP contribution in [0.15, 0.2) is 60.7 Å². The normalized spacial score (nSPS) is 17.2. The lowest BCUT2D eigenvalue weighted by Gasteiger charge is -2.09. The smallest absolute Gasteiger partial charge is 0.166 e. The molecule has 0 saturated heterocycles. The molecule has 1 aliphatic carbocycles. The Morgan fingerprint density at radius 2 is 1.62 bits per heavy atom. The lowest BCUT2D eigenvalue weighted by Crippen LogP contribution is -2.02. The Morgan fingerprint density at radius 1 is 0.857 bits per heavy atom. The molecule has 0 amide bonds. The average molecular weight is 272 g/mol. The van der Waals surface area contributed by atoms with Crippen LogP contribution in [0.3, 0.4) is 0 Å². The van der Waals surface area contributed by atoms with Crippen LogP contribution in [0, 0.1) is 5.92 Å². The van der Waals surface area contributed by atoms with E-state index in [0.717, 1.165) is 12.0 Å². The van der Waals surface area contributed by atoms with Crippen LogP contribution in [-0.4, -0.2) is 5.78 Å². The van der Waals surface area contributed by atoms with Crippen LogP contribution >= 0.6 is 0 Å². The predicted octanol–water partition coefficient (Wildman–Crippen LogP) is 4.88. The maximum absolute atomic E-state index is 12.2. The molecule has 102 valence electrons. The minimum atomic E-state index is 0.113. The van der Waals surface area contributed by atoms with Gasteiger partial charge in [-0.2, -0.15) is 0 Å². The fourth-order valence-corrected chi connectivity index (χ4v) is 3.33. The minimum absolute atomic E-state index is 0.113. The van der Waals surface area contributed by atoms with E-state index >= 15 is 0 Å². The second kappa shape index (κ2) is 4.56. The third-order valence-electron chi connectivity index (χ3n) is 4.46. The summed E-state index contributed by atoms with van der Waals surface area (Å²) in [6.07, 6.45) is 0.858. The number of hydrogen-bond donors (Lipinski definition) is 0.